The number of halogens is 2. The molecule has 0 saturated heterocycles. The number of oxime groups is 1. The number of hydrogen-bond acceptors (Lipinski definition) is 3. The molecule has 0 N–H and O–H groups in total. The van der Waals surface area contributed by atoms with E-state index in [9.17, 15) is 0 Å². The van der Waals surface area contributed by atoms with Crippen LogP contribution in [0.2, 0.25) is 5.02 Å². The molecule has 0 aliphatic carbocycles. The van der Waals surface area contributed by atoms with Crippen molar-refractivity contribution in [1.82, 2.24) is 0 Å². The second-order valence-electron chi connectivity index (χ2n) is 3.47. The van der Waals surface area contributed by atoms with Gasteiger partial charge >= 0.3 is 0 Å². The van der Waals surface area contributed by atoms with Gasteiger partial charge in [-0.15, -0.1) is 11.6 Å². The molecule has 1 aromatic rings. The number of nitrogens with zero attached hydrogens (tertiary/aromatic N) is 1. The summed E-state index contributed by atoms with van der Waals surface area (Å²) in [6.45, 7) is 0. The van der Waals surface area contributed by atoms with E-state index in [0.29, 0.717) is 23.1 Å². The van der Waals surface area contributed by atoms with Crippen LogP contribution in [0, 0.1) is 0 Å². The lowest BCUT2D eigenvalue weighted by molar-refractivity contribution is 0.102. The van der Waals surface area contributed by atoms with E-state index < -0.39 is 0 Å². The smallest absolute Gasteiger partial charge is 0.146 e. The first-order valence-corrected chi connectivity index (χ1v) is 5.78. The molecule has 0 spiro atoms. The van der Waals surface area contributed by atoms with E-state index in [1.807, 2.05) is 18.2 Å². The molecule has 0 aromatic heterocycles. The van der Waals surface area contributed by atoms with Crippen molar-refractivity contribution in [2.75, 3.05) is 13.0 Å². The molecule has 5 heteroatoms. The minimum absolute atomic E-state index is 0.0301. The zero-order valence-electron chi connectivity index (χ0n) is 8.74. The highest BCUT2D eigenvalue weighted by atomic mass is 35.5. The van der Waals surface area contributed by atoms with Crippen LogP contribution in [0.1, 0.15) is 12.0 Å². The van der Waals surface area contributed by atoms with Crippen LogP contribution in [-0.2, 0) is 4.84 Å². The lowest BCUT2D eigenvalue weighted by Gasteiger charge is -2.05. The van der Waals surface area contributed by atoms with Gasteiger partial charge in [0.15, 0.2) is 0 Å². The molecule has 1 heterocycles. The van der Waals surface area contributed by atoms with Gasteiger partial charge in [0.05, 0.1) is 23.7 Å². The summed E-state index contributed by atoms with van der Waals surface area (Å²) in [6.07, 6.45) is 0.684. The molecular weight excluding hydrogens is 249 g/mol. The Morgan fingerprint density at radius 2 is 2.38 bits per heavy atom. The van der Waals surface area contributed by atoms with Gasteiger partial charge in [-0.2, -0.15) is 0 Å². The molecule has 0 bridgehead atoms. The molecule has 1 aromatic carbocycles. The fraction of sp³-hybridized carbons (Fsp3) is 0.364. The quantitative estimate of drug-likeness (QED) is 0.782. The zero-order valence-corrected chi connectivity index (χ0v) is 10.3. The number of ether oxygens (including phenoxy) is 1. The van der Waals surface area contributed by atoms with Crippen LogP contribution in [0.5, 0.6) is 5.75 Å². The van der Waals surface area contributed by atoms with Crippen LogP contribution in [0.25, 0.3) is 0 Å². The van der Waals surface area contributed by atoms with Gasteiger partial charge < -0.3 is 9.57 Å². The molecule has 0 amide bonds. The maximum atomic E-state index is 6.03. The Hall–Kier alpha value is -0.930. The third kappa shape index (κ3) is 2.25. The highest BCUT2D eigenvalue weighted by Gasteiger charge is 2.21. The van der Waals surface area contributed by atoms with Gasteiger partial charge in [0.1, 0.15) is 11.9 Å². The Bertz CT molecular complexity index is 420. The summed E-state index contributed by atoms with van der Waals surface area (Å²) in [5, 5.41) is 4.55. The lowest BCUT2D eigenvalue weighted by Crippen LogP contribution is -2.09. The summed E-state index contributed by atoms with van der Waals surface area (Å²) >= 11 is 11.7. The number of methoxy groups -OCH3 is 1. The maximum absolute atomic E-state index is 6.03. The molecule has 0 saturated carbocycles. The highest BCUT2D eigenvalue weighted by molar-refractivity contribution is 6.32. The maximum Gasteiger partial charge on any atom is 0.146 e. The molecule has 0 fully saturated rings. The monoisotopic (exact) mass is 259 g/mol. The Labute approximate surface area is 104 Å². The molecule has 2 rings (SSSR count). The second-order valence-corrected chi connectivity index (χ2v) is 4.19. The van der Waals surface area contributed by atoms with Gasteiger partial charge in [-0.25, -0.2) is 0 Å². The van der Waals surface area contributed by atoms with Gasteiger partial charge in [-0.05, 0) is 18.2 Å². The van der Waals surface area contributed by atoms with E-state index in [0.717, 1.165) is 11.3 Å². The Kier molecular flexibility index (Phi) is 3.56. The number of alkyl halides is 1. The third-order valence-electron chi connectivity index (χ3n) is 2.39. The number of benzene rings is 1. The zero-order chi connectivity index (χ0) is 11.5. The van der Waals surface area contributed by atoms with E-state index in [1.165, 1.54) is 0 Å². The Morgan fingerprint density at radius 3 is 2.94 bits per heavy atom. The van der Waals surface area contributed by atoms with Gasteiger partial charge in [0.2, 0.25) is 0 Å². The van der Waals surface area contributed by atoms with Crippen molar-refractivity contribution in [2.45, 2.75) is 12.5 Å². The molecule has 3 nitrogen and oxygen atoms in total. The van der Waals surface area contributed by atoms with Gasteiger partial charge in [0, 0.05) is 12.0 Å². The van der Waals surface area contributed by atoms with Crippen molar-refractivity contribution >= 4 is 28.9 Å². The SMILES string of the molecule is COc1ccc(C2=NOC(CCl)C2)cc1Cl. The summed E-state index contributed by atoms with van der Waals surface area (Å²) in [5.74, 6) is 1.09. The first-order valence-electron chi connectivity index (χ1n) is 4.87. The van der Waals surface area contributed by atoms with Crippen LogP contribution < -0.4 is 4.74 Å². The molecule has 16 heavy (non-hydrogen) atoms. The van der Waals surface area contributed by atoms with Crippen LogP contribution in [-0.4, -0.2) is 24.8 Å². The molecule has 86 valence electrons. The standard InChI is InChI=1S/C11H11Cl2NO2/c1-15-11-3-2-7(4-9(11)13)10-5-8(6-12)16-14-10/h2-4,8H,5-6H2,1H3. The summed E-state index contributed by atoms with van der Waals surface area (Å²) in [6, 6.07) is 5.54. The largest absolute Gasteiger partial charge is 0.495 e. The molecule has 1 aliphatic heterocycles. The van der Waals surface area contributed by atoms with Crippen molar-refractivity contribution in [1.29, 1.82) is 0 Å². The van der Waals surface area contributed by atoms with Crippen molar-refractivity contribution in [3.8, 4) is 5.75 Å². The predicted octanol–water partition coefficient (Wildman–Crippen LogP) is 3.08. The molecule has 1 atom stereocenters. The molecule has 1 aliphatic rings. The first-order chi connectivity index (χ1) is 7.74. The Morgan fingerprint density at radius 1 is 1.56 bits per heavy atom. The average molecular weight is 260 g/mol. The molecule has 1 unspecified atom stereocenters. The third-order valence-corrected chi connectivity index (χ3v) is 3.03. The van der Waals surface area contributed by atoms with Crippen LogP contribution in [0.3, 0.4) is 0 Å². The van der Waals surface area contributed by atoms with Gasteiger partial charge in [-0.3, -0.25) is 0 Å². The predicted molar refractivity (Wildman–Crippen MR) is 64.8 cm³/mol. The van der Waals surface area contributed by atoms with Crippen LogP contribution >= 0.6 is 23.2 Å². The minimum Gasteiger partial charge on any atom is -0.495 e. The van der Waals surface area contributed by atoms with Crippen molar-refractivity contribution < 1.29 is 9.57 Å². The summed E-state index contributed by atoms with van der Waals surface area (Å²) < 4.78 is 5.08. The topological polar surface area (TPSA) is 30.8 Å². The normalized spacial score (nSPS) is 19.2. The summed E-state index contributed by atoms with van der Waals surface area (Å²) in [4.78, 5) is 5.15. The molecular formula is C11H11Cl2NO2. The van der Waals surface area contributed by atoms with E-state index in [4.69, 9.17) is 32.8 Å². The van der Waals surface area contributed by atoms with Gasteiger partial charge in [0.25, 0.3) is 0 Å². The fourth-order valence-electron chi connectivity index (χ4n) is 1.53. The van der Waals surface area contributed by atoms with Crippen LogP contribution in [0.15, 0.2) is 23.4 Å². The minimum atomic E-state index is -0.0301. The fourth-order valence-corrected chi connectivity index (χ4v) is 1.95. The molecule has 0 radical (unpaired) electrons. The summed E-state index contributed by atoms with van der Waals surface area (Å²) in [7, 11) is 1.58. The second kappa shape index (κ2) is 4.93. The number of hydrogen-bond donors (Lipinski definition) is 0. The lowest BCUT2D eigenvalue weighted by atomic mass is 10.1. The summed E-state index contributed by atoms with van der Waals surface area (Å²) in [5.41, 5.74) is 1.81. The first kappa shape index (κ1) is 11.6. The van der Waals surface area contributed by atoms with Crippen molar-refractivity contribution in [2.24, 2.45) is 5.16 Å². The van der Waals surface area contributed by atoms with E-state index in [1.54, 1.807) is 7.11 Å². The average Bonchev–Trinajstić information content (AvgIpc) is 2.77. The van der Waals surface area contributed by atoms with E-state index in [-0.39, 0.29) is 6.10 Å². The highest BCUT2D eigenvalue weighted by Crippen LogP contribution is 2.27. The van der Waals surface area contributed by atoms with Crippen LogP contribution in [0.4, 0.5) is 0 Å². The van der Waals surface area contributed by atoms with E-state index in [2.05, 4.69) is 5.16 Å². The van der Waals surface area contributed by atoms with Crippen molar-refractivity contribution in [3.05, 3.63) is 28.8 Å². The van der Waals surface area contributed by atoms with Gasteiger partial charge in [-0.1, -0.05) is 16.8 Å². The van der Waals surface area contributed by atoms with Crippen molar-refractivity contribution in [3.63, 3.8) is 0 Å². The number of rotatable bonds is 3. The Balaban J connectivity index is 2.20. The van der Waals surface area contributed by atoms with E-state index >= 15 is 0 Å².